The summed E-state index contributed by atoms with van der Waals surface area (Å²) >= 11 is 0. The molecule has 0 bridgehead atoms. The average Bonchev–Trinajstić information content (AvgIpc) is 2.47. The summed E-state index contributed by atoms with van der Waals surface area (Å²) in [5.41, 5.74) is 2.33. The van der Waals surface area contributed by atoms with Gasteiger partial charge in [0.2, 0.25) is 0 Å². The normalized spacial score (nSPS) is 12.1. The predicted molar refractivity (Wildman–Crippen MR) is 80.5 cm³/mol. The fraction of sp³-hybridized carbons (Fsp3) is 0.294. The molecule has 1 atom stereocenters. The molecule has 0 aliphatic carbocycles. The van der Waals surface area contributed by atoms with Crippen LogP contribution in [-0.4, -0.2) is 19.2 Å². The topological polar surface area (TPSA) is 21.3 Å². The molecule has 0 saturated heterocycles. The van der Waals surface area contributed by atoms with E-state index in [0.717, 1.165) is 17.9 Å². The number of nitrogens with one attached hydrogen (secondary N) is 1. The lowest BCUT2D eigenvalue weighted by Crippen LogP contribution is -2.31. The lowest BCUT2D eigenvalue weighted by molar-refractivity contribution is 0.276. The Kier molecular flexibility index (Phi) is 4.99. The quantitative estimate of drug-likeness (QED) is 0.849. The van der Waals surface area contributed by atoms with E-state index in [1.807, 2.05) is 36.4 Å². The molecule has 2 rings (SSSR count). The van der Waals surface area contributed by atoms with Crippen molar-refractivity contribution in [2.75, 3.05) is 13.2 Å². The van der Waals surface area contributed by atoms with Crippen molar-refractivity contribution in [2.24, 2.45) is 0 Å². The Morgan fingerprint density at radius 2 is 1.68 bits per heavy atom. The first-order valence-electron chi connectivity index (χ1n) is 6.82. The molecular weight excluding hydrogens is 234 g/mol. The minimum Gasteiger partial charge on any atom is -0.491 e. The molecule has 2 nitrogen and oxygen atoms in total. The number of likely N-dealkylation sites (N-methyl/N-ethyl adjacent to an activating group) is 1. The van der Waals surface area contributed by atoms with E-state index in [0.29, 0.717) is 12.6 Å². The molecule has 0 radical (unpaired) electrons. The lowest BCUT2D eigenvalue weighted by atomic mass is 10.1. The number of hydrogen-bond acceptors (Lipinski definition) is 2. The summed E-state index contributed by atoms with van der Waals surface area (Å²) < 4.78 is 5.94. The molecule has 0 amide bonds. The molecule has 0 saturated carbocycles. The summed E-state index contributed by atoms with van der Waals surface area (Å²) in [5, 5.41) is 3.35. The third kappa shape index (κ3) is 3.83. The van der Waals surface area contributed by atoms with Crippen LogP contribution in [0.4, 0.5) is 0 Å². The Hall–Kier alpha value is -1.80. The Labute approximate surface area is 115 Å². The van der Waals surface area contributed by atoms with Crippen molar-refractivity contribution in [3.8, 4) is 16.9 Å². The van der Waals surface area contributed by atoms with Gasteiger partial charge in [0, 0.05) is 11.6 Å². The van der Waals surface area contributed by atoms with Crippen molar-refractivity contribution in [2.45, 2.75) is 19.9 Å². The summed E-state index contributed by atoms with van der Waals surface area (Å²) in [6.45, 7) is 5.88. The number of rotatable bonds is 6. The Morgan fingerprint density at radius 1 is 1.00 bits per heavy atom. The van der Waals surface area contributed by atoms with Crippen molar-refractivity contribution >= 4 is 0 Å². The van der Waals surface area contributed by atoms with Crippen LogP contribution in [0.5, 0.6) is 5.75 Å². The van der Waals surface area contributed by atoms with Crippen molar-refractivity contribution < 1.29 is 4.74 Å². The molecule has 2 heteroatoms. The van der Waals surface area contributed by atoms with Gasteiger partial charge in [0.15, 0.2) is 0 Å². The molecule has 0 heterocycles. The van der Waals surface area contributed by atoms with E-state index in [9.17, 15) is 0 Å². The second-order valence-corrected chi connectivity index (χ2v) is 4.63. The van der Waals surface area contributed by atoms with E-state index in [2.05, 4.69) is 37.4 Å². The van der Waals surface area contributed by atoms with E-state index in [4.69, 9.17) is 4.74 Å². The minimum absolute atomic E-state index is 0.355. The van der Waals surface area contributed by atoms with E-state index in [1.54, 1.807) is 0 Å². The van der Waals surface area contributed by atoms with Crippen molar-refractivity contribution in [3.63, 3.8) is 0 Å². The zero-order valence-electron chi connectivity index (χ0n) is 11.6. The van der Waals surface area contributed by atoms with Crippen molar-refractivity contribution in [1.29, 1.82) is 0 Å². The summed E-state index contributed by atoms with van der Waals surface area (Å²) in [4.78, 5) is 0. The average molecular weight is 255 g/mol. The second-order valence-electron chi connectivity index (χ2n) is 4.63. The molecule has 1 unspecified atom stereocenters. The van der Waals surface area contributed by atoms with Crippen LogP contribution < -0.4 is 10.1 Å². The number of hydrogen-bond donors (Lipinski definition) is 1. The van der Waals surface area contributed by atoms with Gasteiger partial charge in [0.05, 0.1) is 0 Å². The summed E-state index contributed by atoms with van der Waals surface area (Å²) in [6, 6.07) is 18.9. The zero-order chi connectivity index (χ0) is 13.5. The molecule has 100 valence electrons. The molecule has 19 heavy (non-hydrogen) atoms. The van der Waals surface area contributed by atoms with Crippen LogP contribution in [0.25, 0.3) is 11.1 Å². The third-order valence-corrected chi connectivity index (χ3v) is 3.01. The van der Waals surface area contributed by atoms with Gasteiger partial charge in [-0.3, -0.25) is 0 Å². The van der Waals surface area contributed by atoms with Gasteiger partial charge in [0.1, 0.15) is 12.4 Å². The number of para-hydroxylation sites is 1. The highest BCUT2D eigenvalue weighted by Crippen LogP contribution is 2.29. The second kappa shape index (κ2) is 6.95. The van der Waals surface area contributed by atoms with E-state index in [1.165, 1.54) is 5.56 Å². The van der Waals surface area contributed by atoms with Crippen LogP contribution in [-0.2, 0) is 0 Å². The highest BCUT2D eigenvalue weighted by molar-refractivity contribution is 5.70. The van der Waals surface area contributed by atoms with E-state index in [-0.39, 0.29) is 0 Å². The molecule has 0 spiro atoms. The summed E-state index contributed by atoms with van der Waals surface area (Å²) in [7, 11) is 0. The first-order chi connectivity index (χ1) is 9.31. The maximum absolute atomic E-state index is 5.94. The van der Waals surface area contributed by atoms with Crippen LogP contribution in [0.15, 0.2) is 54.6 Å². The zero-order valence-corrected chi connectivity index (χ0v) is 11.6. The van der Waals surface area contributed by atoms with Gasteiger partial charge in [-0.05, 0) is 25.1 Å². The fourth-order valence-electron chi connectivity index (χ4n) is 2.07. The van der Waals surface area contributed by atoms with Crippen LogP contribution in [0.3, 0.4) is 0 Å². The molecule has 1 N–H and O–H groups in total. The standard InChI is InChI=1S/C17H21NO/c1-3-18-14(2)13-19-17-12-8-7-11-16(17)15-9-5-4-6-10-15/h4-12,14,18H,3,13H2,1-2H3. The molecular formula is C17H21NO. The monoisotopic (exact) mass is 255 g/mol. The van der Waals surface area contributed by atoms with Gasteiger partial charge in [-0.1, -0.05) is 55.5 Å². The molecule has 2 aromatic carbocycles. The smallest absolute Gasteiger partial charge is 0.127 e. The van der Waals surface area contributed by atoms with Crippen LogP contribution >= 0.6 is 0 Å². The van der Waals surface area contributed by atoms with Crippen molar-refractivity contribution in [3.05, 3.63) is 54.6 Å². The van der Waals surface area contributed by atoms with Gasteiger partial charge in [-0.25, -0.2) is 0 Å². The van der Waals surface area contributed by atoms with Crippen LogP contribution in [0.1, 0.15) is 13.8 Å². The van der Waals surface area contributed by atoms with Crippen molar-refractivity contribution in [1.82, 2.24) is 5.32 Å². The maximum Gasteiger partial charge on any atom is 0.127 e. The highest BCUT2D eigenvalue weighted by Gasteiger charge is 2.07. The first kappa shape index (κ1) is 13.6. The minimum atomic E-state index is 0.355. The molecule has 0 aromatic heterocycles. The first-order valence-corrected chi connectivity index (χ1v) is 6.82. The van der Waals surface area contributed by atoms with Gasteiger partial charge >= 0.3 is 0 Å². The number of ether oxygens (including phenoxy) is 1. The molecule has 0 aliphatic heterocycles. The predicted octanol–water partition coefficient (Wildman–Crippen LogP) is 3.73. The highest BCUT2D eigenvalue weighted by atomic mass is 16.5. The van der Waals surface area contributed by atoms with Crippen LogP contribution in [0, 0.1) is 0 Å². The summed E-state index contributed by atoms with van der Waals surface area (Å²) in [5.74, 6) is 0.943. The van der Waals surface area contributed by atoms with Crippen LogP contribution in [0.2, 0.25) is 0 Å². The van der Waals surface area contributed by atoms with Gasteiger partial charge < -0.3 is 10.1 Å². The third-order valence-electron chi connectivity index (χ3n) is 3.01. The van der Waals surface area contributed by atoms with E-state index >= 15 is 0 Å². The molecule has 0 fully saturated rings. The summed E-state index contributed by atoms with van der Waals surface area (Å²) in [6.07, 6.45) is 0. The largest absolute Gasteiger partial charge is 0.491 e. The Morgan fingerprint density at radius 3 is 2.42 bits per heavy atom. The Balaban J connectivity index is 2.13. The Bertz CT molecular complexity index is 496. The van der Waals surface area contributed by atoms with Gasteiger partial charge in [0.25, 0.3) is 0 Å². The number of benzene rings is 2. The van der Waals surface area contributed by atoms with E-state index < -0.39 is 0 Å². The molecule has 0 aliphatic rings. The molecule has 2 aromatic rings. The maximum atomic E-state index is 5.94. The van der Waals surface area contributed by atoms with Gasteiger partial charge in [-0.2, -0.15) is 0 Å². The fourth-order valence-corrected chi connectivity index (χ4v) is 2.07. The van der Waals surface area contributed by atoms with Gasteiger partial charge in [-0.15, -0.1) is 0 Å². The lowest BCUT2D eigenvalue weighted by Gasteiger charge is -2.16. The SMILES string of the molecule is CCNC(C)COc1ccccc1-c1ccccc1.